The van der Waals surface area contributed by atoms with Crippen LogP contribution in [-0.4, -0.2) is 61.2 Å². The first kappa shape index (κ1) is 37.1. The van der Waals surface area contributed by atoms with Crippen molar-refractivity contribution in [1.82, 2.24) is 10.2 Å². The van der Waals surface area contributed by atoms with Crippen molar-refractivity contribution in [3.8, 4) is 0 Å². The molecule has 0 radical (unpaired) electrons. The normalized spacial score (nSPS) is 18.1. The fraction of sp³-hybridized carbons (Fsp3) is 0.486. The van der Waals surface area contributed by atoms with Crippen LogP contribution in [0.1, 0.15) is 65.0 Å². The summed E-state index contributed by atoms with van der Waals surface area (Å²) in [4.78, 5) is 29.1. The average molecular weight is 660 g/mol. The molecule has 0 aromatic heterocycles. The predicted octanol–water partition coefficient (Wildman–Crippen LogP) is 4.85. The monoisotopic (exact) mass is 659 g/mol. The van der Waals surface area contributed by atoms with Gasteiger partial charge in [0.25, 0.3) is 0 Å². The molecule has 0 saturated heterocycles. The second-order valence-electron chi connectivity index (χ2n) is 12.5. The Morgan fingerprint density at radius 1 is 1.04 bits per heavy atom. The molecule has 11 heteroatoms. The van der Waals surface area contributed by atoms with Gasteiger partial charge >= 0.3 is 0 Å². The number of sulfone groups is 1. The van der Waals surface area contributed by atoms with E-state index in [0.717, 1.165) is 31.0 Å². The standard InChI is InChI=1S/C35H47F2N3O5S/c1-6-11-40(12-7-2)33(42)27-13-24(5)19-35(20-27,34(38)43)31(17-26-14-28(36)18-29(37)15-26)32(41)22-39-21-25-9-8-10-30(16-25)46(44,45)23(3)4/h8-10,13-16,18-19,23,31-32,39,41H,6-7,11-12,17,20-22H2,1-5H3,(H2,38,43)/t31-,32+,35?/m1/s1. The summed E-state index contributed by atoms with van der Waals surface area (Å²) < 4.78 is 53.9. The molecular weight excluding hydrogens is 612 g/mol. The minimum atomic E-state index is -3.49. The Balaban J connectivity index is 1.97. The lowest BCUT2D eigenvalue weighted by Crippen LogP contribution is -2.51. The van der Waals surface area contributed by atoms with Crippen molar-refractivity contribution in [1.29, 1.82) is 0 Å². The quantitative estimate of drug-likeness (QED) is 0.236. The smallest absolute Gasteiger partial charge is 0.249 e. The second-order valence-corrected chi connectivity index (χ2v) is 15.0. The Hall–Kier alpha value is -3.41. The zero-order valence-corrected chi connectivity index (χ0v) is 28.2. The van der Waals surface area contributed by atoms with Gasteiger partial charge in [0.05, 0.1) is 21.7 Å². The van der Waals surface area contributed by atoms with E-state index in [-0.39, 0.29) is 42.3 Å². The first-order chi connectivity index (χ1) is 21.6. The summed E-state index contributed by atoms with van der Waals surface area (Å²) in [5.74, 6) is -3.57. The number of nitrogens with zero attached hydrogens (tertiary/aromatic N) is 1. The number of allylic oxidation sites excluding steroid dienone is 2. The molecule has 252 valence electrons. The molecule has 2 amide bonds. The van der Waals surface area contributed by atoms with E-state index < -0.39 is 50.1 Å². The highest BCUT2D eigenvalue weighted by Gasteiger charge is 2.48. The summed E-state index contributed by atoms with van der Waals surface area (Å²) in [6.07, 6.45) is 3.42. The third kappa shape index (κ3) is 8.89. The summed E-state index contributed by atoms with van der Waals surface area (Å²) in [5.41, 5.74) is 6.42. The summed E-state index contributed by atoms with van der Waals surface area (Å²) in [6, 6.07) is 9.55. The molecule has 2 aromatic rings. The van der Waals surface area contributed by atoms with E-state index in [4.69, 9.17) is 5.73 Å². The van der Waals surface area contributed by atoms with Gasteiger partial charge in [-0.05, 0) is 81.8 Å². The van der Waals surface area contributed by atoms with E-state index in [9.17, 15) is 31.9 Å². The summed E-state index contributed by atoms with van der Waals surface area (Å²) in [5, 5.41) is 14.2. The molecule has 1 aliphatic carbocycles. The van der Waals surface area contributed by atoms with E-state index in [1.54, 1.807) is 56.0 Å². The first-order valence-electron chi connectivity index (χ1n) is 15.8. The number of nitrogens with one attached hydrogen (secondary N) is 1. The van der Waals surface area contributed by atoms with Gasteiger partial charge in [0.1, 0.15) is 11.6 Å². The zero-order chi connectivity index (χ0) is 34.2. The third-order valence-electron chi connectivity index (χ3n) is 8.41. The molecule has 3 atom stereocenters. The highest BCUT2D eigenvalue weighted by atomic mass is 32.2. The van der Waals surface area contributed by atoms with Gasteiger partial charge in [-0.25, -0.2) is 17.2 Å². The number of aliphatic hydroxyl groups is 1. The lowest BCUT2D eigenvalue weighted by Gasteiger charge is -2.42. The van der Waals surface area contributed by atoms with Crippen LogP contribution in [0.5, 0.6) is 0 Å². The van der Waals surface area contributed by atoms with Crippen LogP contribution < -0.4 is 11.1 Å². The lowest BCUT2D eigenvalue weighted by atomic mass is 9.63. The van der Waals surface area contributed by atoms with Gasteiger partial charge in [-0.1, -0.05) is 43.7 Å². The average Bonchev–Trinajstić information content (AvgIpc) is 2.98. The highest BCUT2D eigenvalue weighted by molar-refractivity contribution is 7.92. The molecule has 46 heavy (non-hydrogen) atoms. The van der Waals surface area contributed by atoms with Crippen LogP contribution in [0.25, 0.3) is 0 Å². The predicted molar refractivity (Wildman–Crippen MR) is 175 cm³/mol. The molecule has 0 aliphatic heterocycles. The maximum Gasteiger partial charge on any atom is 0.249 e. The molecule has 1 unspecified atom stereocenters. The second kappa shape index (κ2) is 15.9. The highest BCUT2D eigenvalue weighted by Crippen LogP contribution is 2.44. The van der Waals surface area contributed by atoms with Crippen molar-refractivity contribution < 1.29 is 31.9 Å². The number of halogens is 2. The molecule has 1 aliphatic rings. The number of benzene rings is 2. The number of carbonyl (C=O) groups is 2. The number of amides is 2. The lowest BCUT2D eigenvalue weighted by molar-refractivity contribution is -0.132. The van der Waals surface area contributed by atoms with Crippen molar-refractivity contribution in [2.45, 2.75) is 83.1 Å². The number of hydrogen-bond acceptors (Lipinski definition) is 6. The minimum absolute atomic E-state index is 0.0592. The molecule has 0 saturated carbocycles. The fourth-order valence-corrected chi connectivity index (χ4v) is 7.30. The van der Waals surface area contributed by atoms with Crippen molar-refractivity contribution in [3.63, 3.8) is 0 Å². The fourth-order valence-electron chi connectivity index (χ4n) is 6.17. The van der Waals surface area contributed by atoms with Gasteiger partial charge in [-0.15, -0.1) is 0 Å². The van der Waals surface area contributed by atoms with E-state index in [1.165, 1.54) is 6.07 Å². The van der Waals surface area contributed by atoms with Gasteiger partial charge in [0.15, 0.2) is 9.84 Å². The number of hydrogen-bond donors (Lipinski definition) is 3. The van der Waals surface area contributed by atoms with E-state index >= 15 is 0 Å². The molecular formula is C35H47F2N3O5S. The minimum Gasteiger partial charge on any atom is -0.391 e. The summed E-state index contributed by atoms with van der Waals surface area (Å²) in [7, 11) is -3.49. The molecule has 4 N–H and O–H groups in total. The summed E-state index contributed by atoms with van der Waals surface area (Å²) in [6.45, 7) is 10.1. The molecule has 8 nitrogen and oxygen atoms in total. The Bertz CT molecular complexity index is 1550. The van der Waals surface area contributed by atoms with Crippen LogP contribution in [0, 0.1) is 23.0 Å². The van der Waals surface area contributed by atoms with Gasteiger partial charge in [0, 0.05) is 43.7 Å². The van der Waals surface area contributed by atoms with Gasteiger partial charge in [-0.3, -0.25) is 9.59 Å². The van der Waals surface area contributed by atoms with Crippen molar-refractivity contribution in [2.75, 3.05) is 19.6 Å². The molecule has 0 heterocycles. The first-order valence-corrected chi connectivity index (χ1v) is 17.3. The maximum absolute atomic E-state index is 14.3. The van der Waals surface area contributed by atoms with Crippen LogP contribution in [0.2, 0.25) is 0 Å². The SMILES string of the molecule is CCCN(CCC)C(=O)C1=CC(C)=CC(C(N)=O)([C@H](Cc2cc(F)cc(F)c2)[C@@H](O)CNCc2cccc(S(=O)(=O)C(C)C)c2)C1. The van der Waals surface area contributed by atoms with Gasteiger partial charge in [-0.2, -0.15) is 0 Å². The molecule has 0 spiro atoms. The zero-order valence-electron chi connectivity index (χ0n) is 27.4. The van der Waals surface area contributed by atoms with Crippen molar-refractivity contribution >= 4 is 21.7 Å². The summed E-state index contributed by atoms with van der Waals surface area (Å²) >= 11 is 0. The third-order valence-corrected chi connectivity index (χ3v) is 10.6. The van der Waals surface area contributed by atoms with Gasteiger partial charge < -0.3 is 21.1 Å². The Kier molecular flexibility index (Phi) is 12.8. The number of rotatable bonds is 16. The van der Waals surface area contributed by atoms with Crippen LogP contribution >= 0.6 is 0 Å². The number of carbonyl (C=O) groups excluding carboxylic acids is 2. The Morgan fingerprint density at radius 2 is 1.67 bits per heavy atom. The largest absolute Gasteiger partial charge is 0.391 e. The van der Waals surface area contributed by atoms with Crippen molar-refractivity contribution in [3.05, 3.63) is 88.5 Å². The van der Waals surface area contributed by atoms with Crippen LogP contribution in [0.4, 0.5) is 8.78 Å². The van der Waals surface area contributed by atoms with E-state index in [0.29, 0.717) is 29.8 Å². The topological polar surface area (TPSA) is 130 Å². The molecule has 0 fully saturated rings. The van der Waals surface area contributed by atoms with Crippen LogP contribution in [0.15, 0.2) is 70.7 Å². The van der Waals surface area contributed by atoms with E-state index in [2.05, 4.69) is 5.32 Å². The van der Waals surface area contributed by atoms with Gasteiger partial charge in [0.2, 0.25) is 11.8 Å². The number of primary amides is 1. The Morgan fingerprint density at radius 3 is 2.24 bits per heavy atom. The molecule has 0 bridgehead atoms. The Labute approximate surface area is 271 Å². The van der Waals surface area contributed by atoms with Crippen molar-refractivity contribution in [2.24, 2.45) is 17.1 Å². The number of nitrogens with two attached hydrogens (primary N) is 1. The molecule has 3 rings (SSSR count). The van der Waals surface area contributed by atoms with E-state index in [1.807, 2.05) is 13.8 Å². The molecule has 2 aromatic carbocycles. The van der Waals surface area contributed by atoms with Crippen LogP contribution in [-0.2, 0) is 32.4 Å². The maximum atomic E-state index is 14.3. The van der Waals surface area contributed by atoms with Crippen LogP contribution in [0.3, 0.4) is 0 Å². The number of aliphatic hydroxyl groups excluding tert-OH is 1.